The SMILES string of the molecule is CC(CBr)c1ccnc(Cl)c1. The van der Waals surface area contributed by atoms with Crippen LogP contribution in [0, 0.1) is 0 Å². The van der Waals surface area contributed by atoms with Crippen LogP contribution in [0.1, 0.15) is 18.4 Å². The molecular formula is C8H9BrClN. The van der Waals surface area contributed by atoms with E-state index in [1.165, 1.54) is 5.56 Å². The van der Waals surface area contributed by atoms with Crippen LogP contribution in [0.25, 0.3) is 0 Å². The van der Waals surface area contributed by atoms with Crippen LogP contribution in [0.15, 0.2) is 18.3 Å². The Bertz CT molecular complexity index is 239. The Kier molecular flexibility index (Phi) is 3.34. The van der Waals surface area contributed by atoms with Crippen molar-refractivity contribution in [3.8, 4) is 0 Å². The molecule has 1 heterocycles. The second-order valence-electron chi connectivity index (χ2n) is 2.47. The van der Waals surface area contributed by atoms with Gasteiger partial charge in [0, 0.05) is 11.5 Å². The summed E-state index contributed by atoms with van der Waals surface area (Å²) in [6.07, 6.45) is 1.73. The number of hydrogen-bond acceptors (Lipinski definition) is 1. The van der Waals surface area contributed by atoms with E-state index in [0.29, 0.717) is 11.1 Å². The van der Waals surface area contributed by atoms with Crippen LogP contribution in [0.5, 0.6) is 0 Å². The molecule has 1 aromatic rings. The molecule has 1 atom stereocenters. The lowest BCUT2D eigenvalue weighted by Crippen LogP contribution is -1.94. The maximum atomic E-state index is 5.72. The fourth-order valence-corrected chi connectivity index (χ4v) is 1.37. The minimum absolute atomic E-state index is 0.496. The second kappa shape index (κ2) is 4.07. The molecule has 0 spiro atoms. The van der Waals surface area contributed by atoms with Crippen molar-refractivity contribution < 1.29 is 0 Å². The fraction of sp³-hybridized carbons (Fsp3) is 0.375. The number of nitrogens with zero attached hydrogens (tertiary/aromatic N) is 1. The van der Waals surface area contributed by atoms with Crippen LogP contribution in [0.3, 0.4) is 0 Å². The van der Waals surface area contributed by atoms with Gasteiger partial charge >= 0.3 is 0 Å². The Morgan fingerprint density at radius 1 is 1.73 bits per heavy atom. The van der Waals surface area contributed by atoms with Gasteiger partial charge in [-0.2, -0.15) is 0 Å². The molecule has 0 aromatic carbocycles. The normalized spacial score (nSPS) is 13.0. The van der Waals surface area contributed by atoms with E-state index < -0.39 is 0 Å². The van der Waals surface area contributed by atoms with Crippen molar-refractivity contribution in [3.05, 3.63) is 29.0 Å². The highest BCUT2D eigenvalue weighted by atomic mass is 79.9. The van der Waals surface area contributed by atoms with E-state index >= 15 is 0 Å². The minimum Gasteiger partial charge on any atom is -0.245 e. The lowest BCUT2D eigenvalue weighted by Gasteiger charge is -2.06. The Hall–Kier alpha value is -0.0800. The van der Waals surface area contributed by atoms with Gasteiger partial charge in [0.2, 0.25) is 0 Å². The molecule has 0 aliphatic rings. The molecular weight excluding hydrogens is 225 g/mol. The van der Waals surface area contributed by atoms with Crippen molar-refractivity contribution in [2.24, 2.45) is 0 Å². The molecule has 1 nitrogen and oxygen atoms in total. The first kappa shape index (κ1) is 9.01. The summed E-state index contributed by atoms with van der Waals surface area (Å²) < 4.78 is 0. The zero-order valence-electron chi connectivity index (χ0n) is 6.22. The first-order valence-electron chi connectivity index (χ1n) is 3.41. The topological polar surface area (TPSA) is 12.9 Å². The van der Waals surface area contributed by atoms with Gasteiger partial charge in [-0.05, 0) is 23.6 Å². The van der Waals surface area contributed by atoms with E-state index in [0.717, 1.165) is 5.33 Å². The zero-order valence-corrected chi connectivity index (χ0v) is 8.56. The van der Waals surface area contributed by atoms with Gasteiger partial charge in [0.15, 0.2) is 0 Å². The van der Waals surface area contributed by atoms with E-state index in [4.69, 9.17) is 11.6 Å². The summed E-state index contributed by atoms with van der Waals surface area (Å²) in [7, 11) is 0. The largest absolute Gasteiger partial charge is 0.245 e. The van der Waals surface area contributed by atoms with Crippen LogP contribution in [0.4, 0.5) is 0 Å². The highest BCUT2D eigenvalue weighted by molar-refractivity contribution is 9.09. The Labute approximate surface area is 79.9 Å². The summed E-state index contributed by atoms with van der Waals surface area (Å²) in [6.45, 7) is 2.14. The van der Waals surface area contributed by atoms with E-state index in [-0.39, 0.29) is 0 Å². The Balaban J connectivity index is 2.86. The first-order chi connectivity index (χ1) is 5.24. The molecule has 0 saturated carbocycles. The maximum Gasteiger partial charge on any atom is 0.129 e. The van der Waals surface area contributed by atoms with Gasteiger partial charge in [-0.3, -0.25) is 0 Å². The van der Waals surface area contributed by atoms with Crippen molar-refractivity contribution in [1.29, 1.82) is 0 Å². The minimum atomic E-state index is 0.496. The molecule has 0 aliphatic heterocycles. The van der Waals surface area contributed by atoms with Crippen molar-refractivity contribution in [1.82, 2.24) is 4.98 Å². The molecule has 1 unspecified atom stereocenters. The molecule has 1 aromatic heterocycles. The molecule has 0 saturated heterocycles. The summed E-state index contributed by atoms with van der Waals surface area (Å²) in [5.41, 5.74) is 1.22. The third-order valence-corrected chi connectivity index (χ3v) is 2.73. The summed E-state index contributed by atoms with van der Waals surface area (Å²) in [4.78, 5) is 3.91. The van der Waals surface area contributed by atoms with Crippen LogP contribution in [-0.4, -0.2) is 10.3 Å². The molecule has 11 heavy (non-hydrogen) atoms. The summed E-state index contributed by atoms with van der Waals surface area (Å²) in [5.74, 6) is 0.496. The highest BCUT2D eigenvalue weighted by Gasteiger charge is 2.03. The lowest BCUT2D eigenvalue weighted by atomic mass is 10.1. The standard InChI is InChI=1S/C8H9BrClN/c1-6(5-9)7-2-3-11-8(10)4-7/h2-4,6H,5H2,1H3. The molecule has 0 radical (unpaired) electrons. The first-order valence-corrected chi connectivity index (χ1v) is 4.91. The van der Waals surface area contributed by atoms with Gasteiger partial charge in [-0.1, -0.05) is 34.5 Å². The van der Waals surface area contributed by atoms with Crippen molar-refractivity contribution in [2.45, 2.75) is 12.8 Å². The summed E-state index contributed by atoms with van der Waals surface area (Å²) in [6, 6.07) is 3.88. The van der Waals surface area contributed by atoms with Gasteiger partial charge in [0.05, 0.1) is 0 Å². The Morgan fingerprint density at radius 2 is 2.45 bits per heavy atom. The predicted molar refractivity (Wildman–Crippen MR) is 51.5 cm³/mol. The van der Waals surface area contributed by atoms with E-state index in [9.17, 15) is 0 Å². The maximum absolute atomic E-state index is 5.72. The molecule has 0 aliphatic carbocycles. The van der Waals surface area contributed by atoms with Gasteiger partial charge < -0.3 is 0 Å². The van der Waals surface area contributed by atoms with Crippen LogP contribution >= 0.6 is 27.5 Å². The number of aromatic nitrogens is 1. The number of alkyl halides is 1. The zero-order chi connectivity index (χ0) is 8.27. The number of halogens is 2. The Morgan fingerprint density at radius 3 is 3.00 bits per heavy atom. The quantitative estimate of drug-likeness (QED) is 0.565. The fourth-order valence-electron chi connectivity index (χ4n) is 0.813. The number of hydrogen-bond donors (Lipinski definition) is 0. The van der Waals surface area contributed by atoms with Crippen molar-refractivity contribution in [2.75, 3.05) is 5.33 Å². The third-order valence-electron chi connectivity index (χ3n) is 1.55. The molecule has 0 fully saturated rings. The summed E-state index contributed by atoms with van der Waals surface area (Å²) in [5, 5.41) is 1.52. The predicted octanol–water partition coefficient (Wildman–Crippen LogP) is 3.23. The van der Waals surface area contributed by atoms with E-state index in [1.54, 1.807) is 6.20 Å². The van der Waals surface area contributed by atoms with Gasteiger partial charge in [-0.25, -0.2) is 4.98 Å². The number of pyridine rings is 1. The smallest absolute Gasteiger partial charge is 0.129 e. The van der Waals surface area contributed by atoms with Crippen LogP contribution in [0.2, 0.25) is 5.15 Å². The molecule has 60 valence electrons. The van der Waals surface area contributed by atoms with E-state index in [1.807, 2.05) is 12.1 Å². The monoisotopic (exact) mass is 233 g/mol. The highest BCUT2D eigenvalue weighted by Crippen LogP contribution is 2.18. The van der Waals surface area contributed by atoms with Crippen molar-refractivity contribution >= 4 is 27.5 Å². The van der Waals surface area contributed by atoms with Gasteiger partial charge in [-0.15, -0.1) is 0 Å². The molecule has 3 heteroatoms. The van der Waals surface area contributed by atoms with Crippen LogP contribution in [-0.2, 0) is 0 Å². The molecule has 0 bridgehead atoms. The van der Waals surface area contributed by atoms with E-state index in [2.05, 4.69) is 27.8 Å². The average molecular weight is 235 g/mol. The van der Waals surface area contributed by atoms with Crippen molar-refractivity contribution in [3.63, 3.8) is 0 Å². The number of rotatable bonds is 2. The van der Waals surface area contributed by atoms with Gasteiger partial charge in [0.1, 0.15) is 5.15 Å². The third kappa shape index (κ3) is 2.46. The van der Waals surface area contributed by atoms with Crippen LogP contribution < -0.4 is 0 Å². The molecule has 0 N–H and O–H groups in total. The average Bonchev–Trinajstić information content (AvgIpc) is 2.03. The van der Waals surface area contributed by atoms with Gasteiger partial charge in [0.25, 0.3) is 0 Å². The molecule has 0 amide bonds. The molecule has 1 rings (SSSR count). The lowest BCUT2D eigenvalue weighted by molar-refractivity contribution is 0.884. The summed E-state index contributed by atoms with van der Waals surface area (Å²) >= 11 is 9.13. The second-order valence-corrected chi connectivity index (χ2v) is 3.50.